The lowest BCUT2D eigenvalue weighted by molar-refractivity contribution is 0.0401. The van der Waals surface area contributed by atoms with Crippen molar-refractivity contribution >= 4 is 23.2 Å². The molecule has 2 aromatic heterocycles. The minimum absolute atomic E-state index is 0.0502. The molecule has 2 fully saturated rings. The number of hydrogen-bond donors (Lipinski definition) is 0. The van der Waals surface area contributed by atoms with Crippen LogP contribution in [-0.2, 0) is 6.54 Å². The summed E-state index contributed by atoms with van der Waals surface area (Å²) in [7, 11) is 0. The van der Waals surface area contributed by atoms with Gasteiger partial charge in [-0.3, -0.25) is 9.69 Å². The van der Waals surface area contributed by atoms with Crippen LogP contribution in [0.4, 0.5) is 4.39 Å². The molecule has 2 atom stereocenters. The second kappa shape index (κ2) is 8.77. The van der Waals surface area contributed by atoms with E-state index in [0.29, 0.717) is 10.6 Å². The lowest BCUT2D eigenvalue weighted by atomic mass is 10.0. The predicted molar refractivity (Wildman–Crippen MR) is 135 cm³/mol. The van der Waals surface area contributed by atoms with Crippen LogP contribution in [0.1, 0.15) is 34.5 Å². The molecule has 178 valence electrons. The Labute approximate surface area is 208 Å². The smallest absolute Gasteiger partial charge is 0.254 e. The van der Waals surface area contributed by atoms with Crippen molar-refractivity contribution in [1.82, 2.24) is 19.2 Å². The van der Waals surface area contributed by atoms with E-state index in [9.17, 15) is 9.18 Å². The van der Waals surface area contributed by atoms with Crippen LogP contribution in [0.5, 0.6) is 0 Å². The zero-order valence-electron chi connectivity index (χ0n) is 19.5. The van der Waals surface area contributed by atoms with Crippen molar-refractivity contribution in [3.63, 3.8) is 0 Å². The topological polar surface area (TPSA) is 40.9 Å². The van der Waals surface area contributed by atoms with Gasteiger partial charge in [-0.2, -0.15) is 0 Å². The van der Waals surface area contributed by atoms with Gasteiger partial charge in [0.2, 0.25) is 0 Å². The van der Waals surface area contributed by atoms with E-state index in [-0.39, 0.29) is 23.8 Å². The van der Waals surface area contributed by atoms with E-state index >= 15 is 0 Å². The van der Waals surface area contributed by atoms with Gasteiger partial charge in [0.1, 0.15) is 11.5 Å². The van der Waals surface area contributed by atoms with Crippen LogP contribution < -0.4 is 0 Å². The highest BCUT2D eigenvalue weighted by Gasteiger charge is 2.43. The molecule has 1 amide bonds. The molecule has 4 aromatic rings. The van der Waals surface area contributed by atoms with Gasteiger partial charge in [0.25, 0.3) is 5.91 Å². The van der Waals surface area contributed by atoms with Gasteiger partial charge in [0.15, 0.2) is 0 Å². The zero-order valence-corrected chi connectivity index (χ0v) is 20.3. The van der Waals surface area contributed by atoms with Gasteiger partial charge < -0.3 is 9.30 Å². The molecule has 4 heterocycles. The fourth-order valence-electron chi connectivity index (χ4n) is 5.66. The van der Waals surface area contributed by atoms with Crippen LogP contribution in [0.15, 0.2) is 66.9 Å². The summed E-state index contributed by atoms with van der Waals surface area (Å²) in [5, 5.41) is 0.699. The average Bonchev–Trinajstić information content (AvgIpc) is 3.35. The molecule has 7 heteroatoms. The monoisotopic (exact) mass is 488 g/mol. The summed E-state index contributed by atoms with van der Waals surface area (Å²) in [6, 6.07) is 18.6. The molecule has 2 aliphatic rings. The van der Waals surface area contributed by atoms with Gasteiger partial charge in [0, 0.05) is 54.1 Å². The van der Waals surface area contributed by atoms with Crippen LogP contribution in [-0.4, -0.2) is 50.3 Å². The molecule has 2 aliphatic heterocycles. The molecule has 0 N–H and O–H groups in total. The zero-order chi connectivity index (χ0) is 24.1. The highest BCUT2D eigenvalue weighted by atomic mass is 35.5. The number of fused-ring (bicyclic) bond motifs is 3. The maximum absolute atomic E-state index is 13.9. The molecule has 2 unspecified atom stereocenters. The first-order valence-corrected chi connectivity index (χ1v) is 12.4. The van der Waals surface area contributed by atoms with Crippen molar-refractivity contribution in [2.75, 3.05) is 13.1 Å². The number of aromatic nitrogens is 2. The number of amides is 1. The number of piperazine rings is 1. The molecular weight excluding hydrogens is 463 g/mol. The minimum Gasteiger partial charge on any atom is -0.330 e. The fraction of sp³-hybridized carbons (Fsp3) is 0.286. The summed E-state index contributed by atoms with van der Waals surface area (Å²) >= 11 is 6.13. The van der Waals surface area contributed by atoms with E-state index in [4.69, 9.17) is 16.6 Å². The van der Waals surface area contributed by atoms with Gasteiger partial charge in [-0.25, -0.2) is 9.37 Å². The first kappa shape index (κ1) is 22.3. The summed E-state index contributed by atoms with van der Waals surface area (Å²) in [5.41, 5.74) is 5.31. The quantitative estimate of drug-likeness (QED) is 0.376. The third-order valence-electron chi connectivity index (χ3n) is 7.34. The maximum atomic E-state index is 13.9. The molecule has 2 bridgehead atoms. The van der Waals surface area contributed by atoms with Crippen LogP contribution in [0.25, 0.3) is 16.9 Å². The third-order valence-corrected chi connectivity index (χ3v) is 7.59. The van der Waals surface area contributed by atoms with Crippen LogP contribution in [0, 0.1) is 12.7 Å². The summed E-state index contributed by atoms with van der Waals surface area (Å²) in [6.45, 7) is 4.18. The van der Waals surface area contributed by atoms with E-state index < -0.39 is 0 Å². The summed E-state index contributed by atoms with van der Waals surface area (Å²) in [6.07, 6.45) is 4.00. The van der Waals surface area contributed by atoms with Crippen molar-refractivity contribution in [2.24, 2.45) is 0 Å². The van der Waals surface area contributed by atoms with E-state index in [1.807, 2.05) is 54.3 Å². The van der Waals surface area contributed by atoms with Crippen LogP contribution in [0.3, 0.4) is 0 Å². The second-order valence-electron chi connectivity index (χ2n) is 9.59. The van der Waals surface area contributed by atoms with Crippen molar-refractivity contribution in [3.8, 4) is 11.3 Å². The molecule has 35 heavy (non-hydrogen) atoms. The Morgan fingerprint density at radius 1 is 1.06 bits per heavy atom. The Hall–Kier alpha value is -3.22. The number of pyridine rings is 1. The molecule has 0 spiro atoms. The van der Waals surface area contributed by atoms with E-state index in [2.05, 4.69) is 15.5 Å². The largest absolute Gasteiger partial charge is 0.330 e. The molecule has 5 nitrogen and oxygen atoms in total. The highest BCUT2D eigenvalue weighted by molar-refractivity contribution is 6.30. The predicted octanol–water partition coefficient (Wildman–Crippen LogP) is 5.59. The SMILES string of the molecule is Cc1ccc(F)cc1C(=O)N1C2CCC1CN(Cc1c(-c3ccc(Cl)cc3)nc3ccccn13)C2. The van der Waals surface area contributed by atoms with E-state index in [0.717, 1.165) is 60.6 Å². The van der Waals surface area contributed by atoms with E-state index in [1.165, 1.54) is 12.1 Å². The number of likely N-dealkylation sites (tertiary alicyclic amines) is 1. The van der Waals surface area contributed by atoms with Crippen molar-refractivity contribution in [3.05, 3.63) is 94.5 Å². The lowest BCUT2D eigenvalue weighted by Crippen LogP contribution is -2.55. The normalized spacial score (nSPS) is 20.0. The summed E-state index contributed by atoms with van der Waals surface area (Å²) in [4.78, 5) is 22.8. The minimum atomic E-state index is -0.368. The van der Waals surface area contributed by atoms with Gasteiger partial charge >= 0.3 is 0 Å². The lowest BCUT2D eigenvalue weighted by Gasteiger charge is -2.41. The second-order valence-corrected chi connectivity index (χ2v) is 10.0. The first-order valence-electron chi connectivity index (χ1n) is 12.0. The fourth-order valence-corrected chi connectivity index (χ4v) is 5.79. The van der Waals surface area contributed by atoms with Crippen LogP contribution >= 0.6 is 11.6 Å². The van der Waals surface area contributed by atoms with Crippen molar-refractivity contribution < 1.29 is 9.18 Å². The number of aryl methyl sites for hydroxylation is 1. The number of rotatable bonds is 4. The molecule has 0 aliphatic carbocycles. The number of halogens is 2. The molecule has 0 radical (unpaired) electrons. The first-order chi connectivity index (χ1) is 17.0. The van der Waals surface area contributed by atoms with E-state index in [1.54, 1.807) is 6.07 Å². The summed E-state index contributed by atoms with van der Waals surface area (Å²) in [5.74, 6) is -0.418. The average molecular weight is 489 g/mol. The molecule has 6 rings (SSSR count). The van der Waals surface area contributed by atoms with Gasteiger partial charge in [0.05, 0.1) is 11.4 Å². The Kier molecular flexibility index (Phi) is 5.58. The number of imidazole rings is 1. The number of nitrogens with zero attached hydrogens (tertiary/aromatic N) is 4. The molecule has 2 aromatic carbocycles. The van der Waals surface area contributed by atoms with Gasteiger partial charge in [-0.1, -0.05) is 35.9 Å². The number of hydrogen-bond acceptors (Lipinski definition) is 3. The highest BCUT2D eigenvalue weighted by Crippen LogP contribution is 2.34. The Morgan fingerprint density at radius 3 is 2.54 bits per heavy atom. The molecule has 0 saturated carbocycles. The van der Waals surface area contributed by atoms with Crippen molar-refractivity contribution in [1.29, 1.82) is 0 Å². The molecular formula is C28H26ClFN4O. The van der Waals surface area contributed by atoms with Gasteiger partial charge in [-0.05, 0) is 61.7 Å². The number of benzene rings is 2. The maximum Gasteiger partial charge on any atom is 0.254 e. The van der Waals surface area contributed by atoms with Crippen molar-refractivity contribution in [2.45, 2.75) is 38.4 Å². The molecule has 2 saturated heterocycles. The Balaban J connectivity index is 1.28. The number of carbonyl (C=O) groups excluding carboxylic acids is 1. The summed E-state index contributed by atoms with van der Waals surface area (Å²) < 4.78 is 16.0. The standard InChI is InChI=1S/C28H26ClFN4O/c1-18-5-10-21(30)14-24(18)28(35)34-22-11-12-23(34)16-32(15-22)17-25-27(19-6-8-20(29)9-7-19)31-26-4-2-3-13-33(25)26/h2-10,13-14,22-23H,11-12,15-17H2,1H3. The van der Waals surface area contributed by atoms with Crippen LogP contribution in [0.2, 0.25) is 5.02 Å². The Morgan fingerprint density at radius 2 is 1.80 bits per heavy atom. The third kappa shape index (κ3) is 4.01. The number of carbonyl (C=O) groups is 1. The Bertz CT molecular complexity index is 1400. The van der Waals surface area contributed by atoms with Gasteiger partial charge in [-0.15, -0.1) is 0 Å².